The molecule has 1 atom stereocenters. The van der Waals surface area contributed by atoms with E-state index in [9.17, 15) is 9.59 Å². The standard InChI is InChI=1S/C25H29N3O5S/c1-6-28-15(3)20(24(30)33-7-2)22(27-25(28)34)16-10-8-11-17(14-16)26-23(29)21-18(31-4)12-9-13-19(21)32-5/h8-14,22H,6-7H2,1-5H3,(H,26,29)(H,27,34)/t22-/m0/s1. The van der Waals surface area contributed by atoms with Gasteiger partial charge in [0, 0.05) is 17.9 Å². The van der Waals surface area contributed by atoms with Gasteiger partial charge in [-0.2, -0.15) is 0 Å². The van der Waals surface area contributed by atoms with Gasteiger partial charge in [-0.3, -0.25) is 4.79 Å². The third-order valence-electron chi connectivity index (χ3n) is 5.54. The first-order valence-corrected chi connectivity index (χ1v) is 11.3. The van der Waals surface area contributed by atoms with Crippen molar-refractivity contribution in [3.05, 3.63) is 64.9 Å². The second-order valence-corrected chi connectivity index (χ2v) is 7.85. The van der Waals surface area contributed by atoms with Crippen LogP contribution in [0.2, 0.25) is 0 Å². The fourth-order valence-corrected chi connectivity index (χ4v) is 4.33. The molecule has 8 nitrogen and oxygen atoms in total. The van der Waals surface area contributed by atoms with Crippen molar-refractivity contribution in [3.8, 4) is 11.5 Å². The van der Waals surface area contributed by atoms with E-state index in [0.717, 1.165) is 11.3 Å². The first-order chi connectivity index (χ1) is 16.4. The van der Waals surface area contributed by atoms with Gasteiger partial charge in [0.25, 0.3) is 5.91 Å². The maximum absolute atomic E-state index is 13.1. The van der Waals surface area contributed by atoms with E-state index >= 15 is 0 Å². The van der Waals surface area contributed by atoms with E-state index < -0.39 is 12.0 Å². The van der Waals surface area contributed by atoms with Crippen LogP contribution < -0.4 is 20.1 Å². The monoisotopic (exact) mass is 483 g/mol. The summed E-state index contributed by atoms with van der Waals surface area (Å²) in [5, 5.41) is 6.66. The molecule has 9 heteroatoms. The lowest BCUT2D eigenvalue weighted by molar-refractivity contribution is -0.139. The minimum Gasteiger partial charge on any atom is -0.496 e. The van der Waals surface area contributed by atoms with Crippen molar-refractivity contribution in [1.29, 1.82) is 0 Å². The SMILES string of the molecule is CCOC(=O)C1=C(C)N(CC)C(=S)N[C@H]1c1cccc(NC(=O)c2c(OC)cccc2OC)c1. The normalized spacial score (nSPS) is 15.5. The summed E-state index contributed by atoms with van der Waals surface area (Å²) in [5.41, 5.74) is 2.80. The quantitative estimate of drug-likeness (QED) is 0.430. The van der Waals surface area contributed by atoms with Crippen LogP contribution in [-0.4, -0.2) is 49.3 Å². The second kappa shape index (κ2) is 11.0. The first-order valence-electron chi connectivity index (χ1n) is 10.9. The van der Waals surface area contributed by atoms with Crippen molar-refractivity contribution < 1.29 is 23.8 Å². The van der Waals surface area contributed by atoms with Crippen LogP contribution >= 0.6 is 12.2 Å². The number of carbonyl (C=O) groups excluding carboxylic acids is 2. The predicted molar refractivity (Wildman–Crippen MR) is 134 cm³/mol. The zero-order valence-electron chi connectivity index (χ0n) is 19.9. The Bertz CT molecular complexity index is 1110. The number of benzene rings is 2. The molecule has 2 aromatic rings. The second-order valence-electron chi connectivity index (χ2n) is 7.46. The van der Waals surface area contributed by atoms with Gasteiger partial charge < -0.3 is 29.7 Å². The van der Waals surface area contributed by atoms with Gasteiger partial charge in [0.15, 0.2) is 5.11 Å². The van der Waals surface area contributed by atoms with E-state index in [4.69, 9.17) is 26.4 Å². The molecule has 34 heavy (non-hydrogen) atoms. The van der Waals surface area contributed by atoms with Gasteiger partial charge in [0.2, 0.25) is 0 Å². The minimum atomic E-state index is -0.521. The molecule has 1 aliphatic rings. The van der Waals surface area contributed by atoms with Crippen LogP contribution in [0.3, 0.4) is 0 Å². The number of hydrogen-bond donors (Lipinski definition) is 2. The molecule has 2 N–H and O–H groups in total. The number of hydrogen-bond acceptors (Lipinski definition) is 6. The van der Waals surface area contributed by atoms with E-state index in [0.29, 0.717) is 34.4 Å². The van der Waals surface area contributed by atoms with E-state index in [1.54, 1.807) is 43.3 Å². The average molecular weight is 484 g/mol. The molecule has 0 saturated carbocycles. The number of carbonyl (C=O) groups is 2. The summed E-state index contributed by atoms with van der Waals surface area (Å²) in [6.45, 7) is 6.46. The zero-order chi connectivity index (χ0) is 24.8. The Kier molecular flexibility index (Phi) is 8.12. The lowest BCUT2D eigenvalue weighted by Crippen LogP contribution is -2.47. The van der Waals surface area contributed by atoms with E-state index in [1.165, 1.54) is 14.2 Å². The molecule has 0 aliphatic carbocycles. The molecule has 1 heterocycles. The summed E-state index contributed by atoms with van der Waals surface area (Å²) in [6.07, 6.45) is 0. The summed E-state index contributed by atoms with van der Waals surface area (Å²) in [7, 11) is 2.99. The van der Waals surface area contributed by atoms with Gasteiger partial charge in [-0.1, -0.05) is 18.2 Å². The molecular formula is C25H29N3O5S. The number of rotatable bonds is 8. The molecular weight excluding hydrogens is 454 g/mol. The summed E-state index contributed by atoms with van der Waals surface area (Å²) in [4.78, 5) is 27.8. The molecule has 0 aromatic heterocycles. The molecule has 0 spiro atoms. The van der Waals surface area contributed by atoms with E-state index in [2.05, 4.69) is 10.6 Å². The van der Waals surface area contributed by atoms with Crippen LogP contribution in [-0.2, 0) is 9.53 Å². The Labute approximate surface area is 204 Å². The highest BCUT2D eigenvalue weighted by molar-refractivity contribution is 7.80. The molecule has 1 amide bonds. The van der Waals surface area contributed by atoms with Crippen LogP contribution in [0.25, 0.3) is 0 Å². The lowest BCUT2D eigenvalue weighted by Gasteiger charge is -2.37. The highest BCUT2D eigenvalue weighted by atomic mass is 32.1. The van der Waals surface area contributed by atoms with Crippen molar-refractivity contribution in [2.24, 2.45) is 0 Å². The lowest BCUT2D eigenvalue weighted by atomic mass is 9.94. The van der Waals surface area contributed by atoms with Crippen LogP contribution in [0.15, 0.2) is 53.7 Å². The van der Waals surface area contributed by atoms with Crippen molar-refractivity contribution in [3.63, 3.8) is 0 Å². The minimum absolute atomic E-state index is 0.260. The highest BCUT2D eigenvalue weighted by Crippen LogP contribution is 2.33. The number of nitrogens with one attached hydrogen (secondary N) is 2. The molecule has 0 fully saturated rings. The third kappa shape index (κ3) is 4.99. The number of amides is 1. The van der Waals surface area contributed by atoms with Crippen LogP contribution in [0.4, 0.5) is 5.69 Å². The molecule has 3 rings (SSSR count). The smallest absolute Gasteiger partial charge is 0.338 e. The Balaban J connectivity index is 1.97. The van der Waals surface area contributed by atoms with E-state index in [1.807, 2.05) is 24.8 Å². The molecule has 2 aromatic carbocycles. The van der Waals surface area contributed by atoms with Crippen LogP contribution in [0.1, 0.15) is 42.7 Å². The number of thiocarbonyl (C=S) groups is 1. The van der Waals surface area contributed by atoms with Gasteiger partial charge in [0.05, 0.1) is 32.4 Å². The largest absolute Gasteiger partial charge is 0.496 e. The molecule has 1 aliphatic heterocycles. The van der Waals surface area contributed by atoms with Crippen LogP contribution in [0.5, 0.6) is 11.5 Å². The summed E-state index contributed by atoms with van der Waals surface area (Å²) >= 11 is 5.54. The highest BCUT2D eigenvalue weighted by Gasteiger charge is 2.34. The maximum Gasteiger partial charge on any atom is 0.338 e. The number of anilines is 1. The number of esters is 1. The third-order valence-corrected chi connectivity index (χ3v) is 5.88. The first kappa shape index (κ1) is 25.0. The van der Waals surface area contributed by atoms with Crippen molar-refractivity contribution in [2.75, 3.05) is 32.7 Å². The Hall–Kier alpha value is -3.59. The average Bonchev–Trinajstić information content (AvgIpc) is 2.83. The number of methoxy groups -OCH3 is 2. The van der Waals surface area contributed by atoms with Gasteiger partial charge in [-0.05, 0) is 62.8 Å². The number of ether oxygens (including phenoxy) is 3. The van der Waals surface area contributed by atoms with Crippen LogP contribution in [0, 0.1) is 0 Å². The summed E-state index contributed by atoms with van der Waals surface area (Å²) in [5.74, 6) is 0.00458. The topological polar surface area (TPSA) is 89.1 Å². The van der Waals surface area contributed by atoms with Crippen molar-refractivity contribution >= 4 is 34.9 Å². The number of nitrogens with zero attached hydrogens (tertiary/aromatic N) is 1. The maximum atomic E-state index is 13.1. The molecule has 0 unspecified atom stereocenters. The Morgan fingerprint density at radius 2 is 1.74 bits per heavy atom. The molecule has 0 saturated heterocycles. The predicted octanol–water partition coefficient (Wildman–Crippen LogP) is 4.04. The fraction of sp³-hybridized carbons (Fsp3) is 0.320. The molecule has 0 radical (unpaired) electrons. The Morgan fingerprint density at radius 1 is 1.09 bits per heavy atom. The fourth-order valence-electron chi connectivity index (χ4n) is 3.95. The number of allylic oxidation sites excluding steroid dienone is 1. The van der Waals surface area contributed by atoms with Gasteiger partial charge in [-0.25, -0.2) is 4.79 Å². The summed E-state index contributed by atoms with van der Waals surface area (Å²) < 4.78 is 16.0. The zero-order valence-corrected chi connectivity index (χ0v) is 20.7. The van der Waals surface area contributed by atoms with Gasteiger partial charge in [-0.15, -0.1) is 0 Å². The summed E-state index contributed by atoms with van der Waals surface area (Å²) in [6, 6.07) is 11.9. The van der Waals surface area contributed by atoms with Crippen molar-refractivity contribution in [2.45, 2.75) is 26.8 Å². The van der Waals surface area contributed by atoms with E-state index in [-0.39, 0.29) is 18.1 Å². The van der Waals surface area contributed by atoms with Crippen molar-refractivity contribution in [1.82, 2.24) is 10.2 Å². The molecule has 0 bridgehead atoms. The van der Waals surface area contributed by atoms with Gasteiger partial charge in [0.1, 0.15) is 17.1 Å². The molecule has 180 valence electrons. The Morgan fingerprint density at radius 3 is 2.32 bits per heavy atom. The van der Waals surface area contributed by atoms with Gasteiger partial charge >= 0.3 is 5.97 Å².